The maximum Gasteiger partial charge on any atom is 0.411 e. The largest absolute Gasteiger partial charge is 0.484 e. The van der Waals surface area contributed by atoms with Crippen LogP contribution in [0.5, 0.6) is 5.75 Å². The van der Waals surface area contributed by atoms with Gasteiger partial charge in [0.05, 0.1) is 12.2 Å². The number of fused-ring (bicyclic) bond motifs is 1. The van der Waals surface area contributed by atoms with Gasteiger partial charge >= 0.3 is 12.1 Å². The van der Waals surface area contributed by atoms with Crippen molar-refractivity contribution in [3.05, 3.63) is 41.8 Å². The second-order valence-corrected chi connectivity index (χ2v) is 8.92. The van der Waals surface area contributed by atoms with Crippen LogP contribution in [0.2, 0.25) is 0 Å². The summed E-state index contributed by atoms with van der Waals surface area (Å²) in [5.41, 5.74) is 1.74. The number of rotatable bonds is 4. The number of benzene rings is 1. The summed E-state index contributed by atoms with van der Waals surface area (Å²) >= 11 is 0. The number of nitrogens with zero attached hydrogens (tertiary/aromatic N) is 3. The molecule has 0 bridgehead atoms. The molecule has 3 aromatic rings. The number of hydrogen-bond acceptors (Lipinski definition) is 7. The van der Waals surface area contributed by atoms with E-state index >= 15 is 0 Å². The summed E-state index contributed by atoms with van der Waals surface area (Å²) in [6, 6.07) is 6.39. The van der Waals surface area contributed by atoms with Crippen LogP contribution in [0.15, 0.2) is 34.9 Å². The average Bonchev–Trinajstić information content (AvgIpc) is 3.32. The van der Waals surface area contributed by atoms with E-state index in [2.05, 4.69) is 10.1 Å². The number of aliphatic carboxylic acids is 1. The van der Waals surface area contributed by atoms with Gasteiger partial charge in [0, 0.05) is 18.1 Å². The Morgan fingerprint density at radius 2 is 1.94 bits per heavy atom. The predicted octanol–water partition coefficient (Wildman–Crippen LogP) is 4.18. The first-order chi connectivity index (χ1) is 15.5. The van der Waals surface area contributed by atoms with Crippen LogP contribution in [0.1, 0.15) is 32.9 Å². The summed E-state index contributed by atoms with van der Waals surface area (Å²) < 4.78 is 30.2. The molecule has 0 spiro atoms. The SMILES string of the molecule is Cc1noc2c(O[C@@H]3C[C@@H](C(=O)O)N(C(=O)OC(C)(C)C)C3)cc(-c3ccc(F)cc3)nc12. The monoisotopic (exact) mass is 457 g/mol. The van der Waals surface area contributed by atoms with Gasteiger partial charge < -0.3 is 19.1 Å². The zero-order valence-electron chi connectivity index (χ0n) is 18.7. The minimum Gasteiger partial charge on any atom is -0.484 e. The summed E-state index contributed by atoms with van der Waals surface area (Å²) in [6.07, 6.45) is -1.28. The fraction of sp³-hybridized carbons (Fsp3) is 0.391. The average molecular weight is 457 g/mol. The van der Waals surface area contributed by atoms with Crippen LogP contribution in [0, 0.1) is 12.7 Å². The number of amides is 1. The van der Waals surface area contributed by atoms with Crippen LogP contribution in [-0.4, -0.2) is 56.5 Å². The van der Waals surface area contributed by atoms with E-state index in [0.29, 0.717) is 33.8 Å². The third-order valence-electron chi connectivity index (χ3n) is 5.16. The van der Waals surface area contributed by atoms with Gasteiger partial charge in [0.2, 0.25) is 5.58 Å². The number of likely N-dealkylation sites (tertiary alicyclic amines) is 1. The van der Waals surface area contributed by atoms with Gasteiger partial charge in [-0.15, -0.1) is 0 Å². The van der Waals surface area contributed by atoms with Crippen LogP contribution in [0.25, 0.3) is 22.4 Å². The lowest BCUT2D eigenvalue weighted by atomic mass is 10.1. The molecular weight excluding hydrogens is 433 g/mol. The number of carboxylic acids is 1. The zero-order valence-corrected chi connectivity index (χ0v) is 18.7. The number of aromatic nitrogens is 2. The molecule has 9 nitrogen and oxygen atoms in total. The molecule has 0 unspecified atom stereocenters. The lowest BCUT2D eigenvalue weighted by molar-refractivity contribution is -0.142. The Balaban J connectivity index is 1.65. The Bertz CT molecular complexity index is 1200. The molecule has 3 heterocycles. The second-order valence-electron chi connectivity index (χ2n) is 8.92. The first-order valence-electron chi connectivity index (χ1n) is 10.4. The smallest absolute Gasteiger partial charge is 0.411 e. The third kappa shape index (κ3) is 4.74. The van der Waals surface area contributed by atoms with Gasteiger partial charge in [0.1, 0.15) is 34.8 Å². The summed E-state index contributed by atoms with van der Waals surface area (Å²) in [5, 5.41) is 13.6. The van der Waals surface area contributed by atoms with Crippen molar-refractivity contribution in [1.82, 2.24) is 15.0 Å². The maximum absolute atomic E-state index is 13.4. The minimum absolute atomic E-state index is 0.0225. The Hall–Kier alpha value is -3.69. The molecule has 10 heteroatoms. The van der Waals surface area contributed by atoms with Gasteiger partial charge in [-0.2, -0.15) is 0 Å². The Kier molecular flexibility index (Phi) is 5.69. The van der Waals surface area contributed by atoms with Crippen LogP contribution < -0.4 is 4.74 Å². The summed E-state index contributed by atoms with van der Waals surface area (Å²) in [6.45, 7) is 6.89. The van der Waals surface area contributed by atoms with E-state index in [9.17, 15) is 19.1 Å². The van der Waals surface area contributed by atoms with Crippen molar-refractivity contribution in [2.75, 3.05) is 6.54 Å². The molecular formula is C23H24FN3O6. The number of pyridine rings is 1. The molecule has 4 rings (SSSR count). The highest BCUT2D eigenvalue weighted by Crippen LogP contribution is 2.34. The summed E-state index contributed by atoms with van der Waals surface area (Å²) in [7, 11) is 0. The Morgan fingerprint density at radius 1 is 1.24 bits per heavy atom. The van der Waals surface area contributed by atoms with Gasteiger partial charge in [0.25, 0.3) is 0 Å². The predicted molar refractivity (Wildman–Crippen MR) is 115 cm³/mol. The molecule has 2 atom stereocenters. The van der Waals surface area contributed by atoms with Crippen LogP contribution >= 0.6 is 0 Å². The molecule has 1 aliphatic heterocycles. The number of ether oxygens (including phenoxy) is 2. The molecule has 1 saturated heterocycles. The molecule has 2 aromatic heterocycles. The topological polar surface area (TPSA) is 115 Å². The number of carbonyl (C=O) groups is 2. The number of halogens is 1. The van der Waals surface area contributed by atoms with E-state index in [-0.39, 0.29) is 18.8 Å². The number of hydrogen-bond donors (Lipinski definition) is 1. The van der Waals surface area contributed by atoms with Gasteiger partial charge in [-0.05, 0) is 52.0 Å². The van der Waals surface area contributed by atoms with Crippen molar-refractivity contribution in [1.29, 1.82) is 0 Å². The normalized spacial score (nSPS) is 18.5. The maximum atomic E-state index is 13.4. The van der Waals surface area contributed by atoms with Crippen LogP contribution in [0.3, 0.4) is 0 Å². The molecule has 174 valence electrons. The van der Waals surface area contributed by atoms with E-state index in [1.165, 1.54) is 12.1 Å². The molecule has 0 radical (unpaired) electrons. The summed E-state index contributed by atoms with van der Waals surface area (Å²) in [4.78, 5) is 30.1. The lowest BCUT2D eigenvalue weighted by Crippen LogP contribution is -2.43. The van der Waals surface area contributed by atoms with E-state index in [4.69, 9.17) is 14.0 Å². The highest BCUT2D eigenvalue weighted by atomic mass is 19.1. The highest BCUT2D eigenvalue weighted by Gasteiger charge is 2.43. The van der Waals surface area contributed by atoms with Gasteiger partial charge in [0.15, 0.2) is 5.75 Å². The van der Waals surface area contributed by atoms with Crippen molar-refractivity contribution < 1.29 is 33.1 Å². The first kappa shape index (κ1) is 22.5. The lowest BCUT2D eigenvalue weighted by Gasteiger charge is -2.26. The minimum atomic E-state index is -1.14. The Morgan fingerprint density at radius 3 is 2.58 bits per heavy atom. The molecule has 1 amide bonds. The van der Waals surface area contributed by atoms with Crippen molar-refractivity contribution in [2.45, 2.75) is 51.9 Å². The van der Waals surface area contributed by atoms with E-state index in [1.54, 1.807) is 45.9 Å². The molecule has 1 aromatic carbocycles. The Labute approximate surface area is 189 Å². The molecule has 0 saturated carbocycles. The van der Waals surface area contributed by atoms with Crippen molar-refractivity contribution in [3.63, 3.8) is 0 Å². The number of carboxylic acid groups (broad SMARTS) is 1. The number of carbonyl (C=O) groups excluding carboxylic acids is 1. The molecule has 1 aliphatic rings. The second kappa shape index (κ2) is 8.34. The number of aryl methyl sites for hydroxylation is 1. The van der Waals surface area contributed by atoms with E-state index in [0.717, 1.165) is 4.90 Å². The fourth-order valence-electron chi connectivity index (χ4n) is 3.68. The van der Waals surface area contributed by atoms with Crippen LogP contribution in [-0.2, 0) is 9.53 Å². The van der Waals surface area contributed by atoms with E-state index in [1.807, 2.05) is 0 Å². The molecule has 1 N–H and O–H groups in total. The van der Waals surface area contributed by atoms with E-state index < -0.39 is 29.8 Å². The summed E-state index contributed by atoms with van der Waals surface area (Å²) in [5.74, 6) is -1.21. The van der Waals surface area contributed by atoms with Gasteiger partial charge in [-0.25, -0.2) is 19.0 Å². The van der Waals surface area contributed by atoms with Crippen molar-refractivity contribution >= 4 is 23.2 Å². The highest BCUT2D eigenvalue weighted by molar-refractivity contribution is 5.85. The third-order valence-corrected chi connectivity index (χ3v) is 5.16. The first-order valence-corrected chi connectivity index (χ1v) is 10.4. The molecule has 0 aliphatic carbocycles. The standard InChI is InChI=1S/C23H24FN3O6/c1-12-19-20(33-26-12)18(10-16(25-19)13-5-7-14(24)8-6-13)31-15-9-17(21(28)29)27(11-15)22(30)32-23(2,3)4/h5-8,10,15,17H,9,11H2,1-4H3,(H,28,29)/t15-,17+/m1/s1. The van der Waals surface area contributed by atoms with Crippen LogP contribution in [0.4, 0.5) is 9.18 Å². The van der Waals surface area contributed by atoms with Crippen molar-refractivity contribution in [3.8, 4) is 17.0 Å². The van der Waals surface area contributed by atoms with Gasteiger partial charge in [-0.3, -0.25) is 4.90 Å². The molecule has 1 fully saturated rings. The fourth-order valence-corrected chi connectivity index (χ4v) is 3.68. The van der Waals surface area contributed by atoms with Gasteiger partial charge in [-0.1, -0.05) is 5.16 Å². The quantitative estimate of drug-likeness (QED) is 0.621. The van der Waals surface area contributed by atoms with Crippen molar-refractivity contribution in [2.24, 2.45) is 0 Å². The molecule has 33 heavy (non-hydrogen) atoms. The zero-order chi connectivity index (χ0) is 23.9.